The third kappa shape index (κ3) is 2.58. The fourth-order valence-electron chi connectivity index (χ4n) is 3.46. The van der Waals surface area contributed by atoms with Crippen LogP contribution in [0.2, 0.25) is 0 Å². The summed E-state index contributed by atoms with van der Waals surface area (Å²) < 4.78 is 0. The Hall–Kier alpha value is -1.75. The van der Waals surface area contributed by atoms with E-state index in [0.717, 1.165) is 38.9 Å². The molecule has 3 rings (SSSR count). The molecule has 3 N–H and O–H groups in total. The number of benzene rings is 1. The summed E-state index contributed by atoms with van der Waals surface area (Å²) in [4.78, 5) is 15.6. The van der Waals surface area contributed by atoms with E-state index in [1.165, 1.54) is 5.56 Å². The first-order valence-corrected chi connectivity index (χ1v) is 7.21. The van der Waals surface area contributed by atoms with E-state index in [1.807, 2.05) is 12.1 Å². The first kappa shape index (κ1) is 13.2. The topological polar surface area (TPSA) is 69.8 Å². The van der Waals surface area contributed by atoms with Crippen LogP contribution in [0, 0.1) is 0 Å². The number of urea groups is 1. The molecule has 0 radical (unpaired) electrons. The number of rotatable bonds is 3. The average molecular weight is 275 g/mol. The van der Waals surface area contributed by atoms with Crippen LogP contribution in [0.5, 0.6) is 5.75 Å². The van der Waals surface area contributed by atoms with E-state index < -0.39 is 0 Å². The molecule has 1 aromatic carbocycles. The van der Waals surface area contributed by atoms with Gasteiger partial charge in [0.25, 0.3) is 0 Å². The van der Waals surface area contributed by atoms with Gasteiger partial charge in [-0.05, 0) is 37.0 Å². The minimum Gasteiger partial charge on any atom is -0.508 e. The van der Waals surface area contributed by atoms with Gasteiger partial charge in [-0.25, -0.2) is 4.79 Å². The van der Waals surface area contributed by atoms with Gasteiger partial charge in [0.1, 0.15) is 5.75 Å². The maximum Gasteiger partial charge on any atom is 0.314 e. The van der Waals surface area contributed by atoms with Crippen molar-refractivity contribution < 1.29 is 9.90 Å². The summed E-state index contributed by atoms with van der Waals surface area (Å²) in [7, 11) is 0. The minimum absolute atomic E-state index is 0.292. The zero-order valence-electron chi connectivity index (χ0n) is 11.5. The number of phenolic OH excluding ortho intramolecular Hbond substituents is 1. The van der Waals surface area contributed by atoms with Gasteiger partial charge in [0.05, 0.1) is 0 Å². The Bertz CT molecular complexity index is 474. The van der Waals surface area contributed by atoms with Crippen molar-refractivity contribution in [1.82, 2.24) is 9.80 Å². The number of hydrogen-bond donors (Lipinski definition) is 2. The number of likely N-dealkylation sites (tertiary alicyclic amines) is 1. The molecule has 20 heavy (non-hydrogen) atoms. The molecular formula is C15H21N3O2. The molecule has 2 saturated heterocycles. The Morgan fingerprint density at radius 2 is 1.80 bits per heavy atom. The molecular weight excluding hydrogens is 254 g/mol. The van der Waals surface area contributed by atoms with Crippen LogP contribution in [0.4, 0.5) is 4.79 Å². The molecule has 5 heteroatoms. The quantitative estimate of drug-likeness (QED) is 0.869. The SMILES string of the molecule is NC(=O)N1C[C@H]2CC[C@@H](C1)N2CCc1ccc(O)cc1. The van der Waals surface area contributed by atoms with Crippen molar-refractivity contribution in [3.63, 3.8) is 0 Å². The number of carbonyl (C=O) groups excluding carboxylic acids is 1. The number of piperazine rings is 1. The molecule has 2 aliphatic heterocycles. The Morgan fingerprint density at radius 1 is 1.20 bits per heavy atom. The van der Waals surface area contributed by atoms with E-state index in [9.17, 15) is 9.90 Å². The van der Waals surface area contributed by atoms with Gasteiger partial charge in [0.15, 0.2) is 0 Å². The Balaban J connectivity index is 1.59. The fourth-order valence-corrected chi connectivity index (χ4v) is 3.46. The maximum absolute atomic E-state index is 11.3. The van der Waals surface area contributed by atoms with Crippen molar-refractivity contribution in [2.75, 3.05) is 19.6 Å². The first-order valence-electron chi connectivity index (χ1n) is 7.21. The smallest absolute Gasteiger partial charge is 0.314 e. The van der Waals surface area contributed by atoms with Crippen LogP contribution in [0.25, 0.3) is 0 Å². The molecule has 0 saturated carbocycles. The van der Waals surface area contributed by atoms with Crippen LogP contribution in [-0.2, 0) is 6.42 Å². The van der Waals surface area contributed by atoms with E-state index in [4.69, 9.17) is 5.73 Å². The summed E-state index contributed by atoms with van der Waals surface area (Å²) in [5, 5.41) is 9.29. The number of phenols is 1. The molecule has 0 aliphatic carbocycles. The first-order chi connectivity index (χ1) is 9.63. The summed E-state index contributed by atoms with van der Waals surface area (Å²) >= 11 is 0. The average Bonchev–Trinajstić information content (AvgIpc) is 2.67. The van der Waals surface area contributed by atoms with E-state index in [-0.39, 0.29) is 6.03 Å². The van der Waals surface area contributed by atoms with Gasteiger partial charge >= 0.3 is 6.03 Å². The Kier molecular flexibility index (Phi) is 3.53. The molecule has 5 nitrogen and oxygen atoms in total. The highest BCUT2D eigenvalue weighted by Crippen LogP contribution is 2.30. The van der Waals surface area contributed by atoms with Crippen molar-refractivity contribution in [3.05, 3.63) is 29.8 Å². The summed E-state index contributed by atoms with van der Waals surface area (Å²) in [6.45, 7) is 2.54. The number of primary amides is 1. The number of nitrogens with zero attached hydrogens (tertiary/aromatic N) is 2. The molecule has 0 unspecified atom stereocenters. The molecule has 2 heterocycles. The number of nitrogens with two attached hydrogens (primary N) is 1. The normalized spacial score (nSPS) is 25.9. The molecule has 108 valence electrons. The van der Waals surface area contributed by atoms with Crippen LogP contribution in [0.3, 0.4) is 0 Å². The summed E-state index contributed by atoms with van der Waals surface area (Å²) in [6, 6.07) is 8.02. The second-order valence-corrected chi connectivity index (χ2v) is 5.78. The predicted molar refractivity (Wildman–Crippen MR) is 76.5 cm³/mol. The van der Waals surface area contributed by atoms with Crippen molar-refractivity contribution in [2.45, 2.75) is 31.3 Å². The highest BCUT2D eigenvalue weighted by atomic mass is 16.3. The summed E-state index contributed by atoms with van der Waals surface area (Å²) in [6.07, 6.45) is 3.29. The minimum atomic E-state index is -0.292. The van der Waals surface area contributed by atoms with Crippen LogP contribution in [0.1, 0.15) is 18.4 Å². The van der Waals surface area contributed by atoms with Crippen LogP contribution in [0.15, 0.2) is 24.3 Å². The van der Waals surface area contributed by atoms with Crippen LogP contribution >= 0.6 is 0 Å². The number of aromatic hydroxyl groups is 1. The number of amides is 2. The van der Waals surface area contributed by atoms with E-state index >= 15 is 0 Å². The van der Waals surface area contributed by atoms with Crippen molar-refractivity contribution in [2.24, 2.45) is 5.73 Å². The number of fused-ring (bicyclic) bond motifs is 2. The molecule has 2 bridgehead atoms. The third-order valence-corrected chi connectivity index (χ3v) is 4.54. The van der Waals surface area contributed by atoms with Crippen LogP contribution < -0.4 is 5.73 Å². The van der Waals surface area contributed by atoms with Gasteiger partial charge in [0.2, 0.25) is 0 Å². The lowest BCUT2D eigenvalue weighted by Crippen LogP contribution is -2.56. The standard InChI is InChI=1S/C15H21N3O2/c16-15(20)17-9-12-3-4-13(10-17)18(12)8-7-11-1-5-14(19)6-2-11/h1-2,5-6,12-13,19H,3-4,7-10H2,(H2,16,20)/t12-,13+. The number of hydrogen-bond acceptors (Lipinski definition) is 3. The largest absolute Gasteiger partial charge is 0.508 e. The molecule has 2 aliphatic rings. The van der Waals surface area contributed by atoms with Crippen molar-refractivity contribution in [1.29, 1.82) is 0 Å². The van der Waals surface area contributed by atoms with Crippen molar-refractivity contribution >= 4 is 6.03 Å². The molecule has 0 aromatic heterocycles. The van der Waals surface area contributed by atoms with Gasteiger partial charge in [-0.1, -0.05) is 12.1 Å². The zero-order valence-corrected chi connectivity index (χ0v) is 11.5. The lowest BCUT2D eigenvalue weighted by molar-refractivity contribution is 0.0868. The molecule has 2 atom stereocenters. The molecule has 0 spiro atoms. The van der Waals surface area contributed by atoms with Crippen LogP contribution in [-0.4, -0.2) is 52.7 Å². The lowest BCUT2D eigenvalue weighted by atomic mass is 10.1. The van der Waals surface area contributed by atoms with Gasteiger partial charge in [-0.15, -0.1) is 0 Å². The molecule has 2 amide bonds. The van der Waals surface area contributed by atoms with E-state index in [0.29, 0.717) is 17.8 Å². The molecule has 1 aromatic rings. The Labute approximate surface area is 119 Å². The second kappa shape index (κ2) is 5.32. The maximum atomic E-state index is 11.3. The van der Waals surface area contributed by atoms with Gasteiger partial charge in [-0.3, -0.25) is 4.90 Å². The zero-order chi connectivity index (χ0) is 14.1. The summed E-state index contributed by atoms with van der Waals surface area (Å²) in [5.41, 5.74) is 6.62. The fraction of sp³-hybridized carbons (Fsp3) is 0.533. The summed E-state index contributed by atoms with van der Waals surface area (Å²) in [5.74, 6) is 0.309. The molecule has 2 fully saturated rings. The van der Waals surface area contributed by atoms with Gasteiger partial charge < -0.3 is 15.7 Å². The predicted octanol–water partition coefficient (Wildman–Crippen LogP) is 1.16. The van der Waals surface area contributed by atoms with E-state index in [2.05, 4.69) is 4.90 Å². The Morgan fingerprint density at radius 3 is 2.35 bits per heavy atom. The van der Waals surface area contributed by atoms with Gasteiger partial charge in [0, 0.05) is 31.7 Å². The lowest BCUT2D eigenvalue weighted by Gasteiger charge is -2.40. The van der Waals surface area contributed by atoms with E-state index in [1.54, 1.807) is 17.0 Å². The highest BCUT2D eigenvalue weighted by Gasteiger charge is 2.40. The second-order valence-electron chi connectivity index (χ2n) is 5.78. The number of carbonyl (C=O) groups is 1. The van der Waals surface area contributed by atoms with Gasteiger partial charge in [-0.2, -0.15) is 0 Å². The highest BCUT2D eigenvalue weighted by molar-refractivity contribution is 5.72. The van der Waals surface area contributed by atoms with Crippen molar-refractivity contribution in [3.8, 4) is 5.75 Å². The monoisotopic (exact) mass is 275 g/mol. The third-order valence-electron chi connectivity index (χ3n) is 4.54.